The van der Waals surface area contributed by atoms with Gasteiger partial charge in [0.25, 0.3) is 0 Å². The van der Waals surface area contributed by atoms with Gasteiger partial charge in [0.05, 0.1) is 5.92 Å². The van der Waals surface area contributed by atoms with Crippen molar-refractivity contribution in [2.75, 3.05) is 24.6 Å². The molecule has 0 amide bonds. The molecule has 0 heterocycles. The Bertz CT molecular complexity index is 184. The van der Waals surface area contributed by atoms with E-state index in [0.29, 0.717) is 24.6 Å². The molecule has 2 N–H and O–H groups in total. The fourth-order valence-corrected chi connectivity index (χ4v) is 1.40. The fourth-order valence-electron chi connectivity index (χ4n) is 0.736. The molecule has 5 heteroatoms. The number of carbonyl (C=O) groups is 1. The number of carboxylic acids is 1. The normalized spacial score (nSPS) is 15.2. The zero-order chi connectivity index (χ0) is 10.3. The van der Waals surface area contributed by atoms with Crippen LogP contribution in [0.15, 0.2) is 0 Å². The topological polar surface area (TPSA) is 66.4 Å². The number of carboxylic acid groups (broad SMARTS) is 1. The molecule has 2 atom stereocenters. The summed E-state index contributed by atoms with van der Waals surface area (Å²) in [6.07, 6.45) is 0. The highest BCUT2D eigenvalue weighted by atomic mass is 32.2. The van der Waals surface area contributed by atoms with Gasteiger partial charge in [-0.15, -0.1) is 0 Å². The molecule has 0 aliphatic rings. The van der Waals surface area contributed by atoms with Crippen molar-refractivity contribution in [3.05, 3.63) is 0 Å². The maximum absolute atomic E-state index is 10.9. The second-order valence-electron chi connectivity index (χ2n) is 2.88. The second-order valence-corrected chi connectivity index (χ2v) is 4.74. The Hall–Kier alpha value is -0.420. The molecular weight excluding hydrogens is 190 g/mol. The predicted octanol–water partition coefficient (Wildman–Crippen LogP) is 0.0653. The van der Waals surface area contributed by atoms with Gasteiger partial charge in [-0.25, -0.2) is 0 Å². The van der Waals surface area contributed by atoms with Crippen molar-refractivity contribution in [3.63, 3.8) is 0 Å². The average Bonchev–Trinajstić information content (AvgIpc) is 2.11. The van der Waals surface area contributed by atoms with Crippen molar-refractivity contribution in [2.45, 2.75) is 13.8 Å². The third-order valence-electron chi connectivity index (χ3n) is 1.70. The Balaban J connectivity index is 3.35. The van der Waals surface area contributed by atoms with Crippen LogP contribution in [0.3, 0.4) is 0 Å². The minimum absolute atomic E-state index is 0.380. The lowest BCUT2D eigenvalue weighted by Gasteiger charge is -2.07. The van der Waals surface area contributed by atoms with Crippen molar-refractivity contribution in [2.24, 2.45) is 5.92 Å². The molecule has 0 aliphatic heterocycles. The minimum Gasteiger partial charge on any atom is -0.481 e. The van der Waals surface area contributed by atoms with E-state index in [9.17, 15) is 9.00 Å². The molecule has 4 nitrogen and oxygen atoms in total. The third kappa shape index (κ3) is 6.72. The van der Waals surface area contributed by atoms with Crippen LogP contribution in [0.5, 0.6) is 0 Å². The number of nitrogens with one attached hydrogen (secondary N) is 1. The van der Waals surface area contributed by atoms with Gasteiger partial charge in [-0.3, -0.25) is 9.00 Å². The van der Waals surface area contributed by atoms with Gasteiger partial charge in [-0.05, 0) is 0 Å². The zero-order valence-electron chi connectivity index (χ0n) is 8.08. The molecule has 78 valence electrons. The van der Waals surface area contributed by atoms with Crippen molar-refractivity contribution >= 4 is 16.8 Å². The van der Waals surface area contributed by atoms with Gasteiger partial charge in [-0.1, -0.05) is 13.8 Å². The summed E-state index contributed by atoms with van der Waals surface area (Å²) in [6, 6.07) is 0. The summed E-state index contributed by atoms with van der Waals surface area (Å²) >= 11 is 0. The lowest BCUT2D eigenvalue weighted by atomic mass is 10.2. The summed E-state index contributed by atoms with van der Waals surface area (Å²) in [7, 11) is -0.762. The second kappa shape index (κ2) is 7.03. The quantitative estimate of drug-likeness (QED) is 0.580. The molecule has 0 fully saturated rings. The van der Waals surface area contributed by atoms with Crippen LogP contribution < -0.4 is 5.32 Å². The van der Waals surface area contributed by atoms with Crippen LogP contribution >= 0.6 is 0 Å². The first-order valence-corrected chi connectivity index (χ1v) is 5.85. The summed E-state index contributed by atoms with van der Waals surface area (Å²) < 4.78 is 10.9. The van der Waals surface area contributed by atoms with Crippen molar-refractivity contribution < 1.29 is 14.1 Å². The van der Waals surface area contributed by atoms with E-state index in [0.717, 1.165) is 0 Å². The van der Waals surface area contributed by atoms with Gasteiger partial charge in [0.1, 0.15) is 0 Å². The van der Waals surface area contributed by atoms with Gasteiger partial charge in [0, 0.05) is 35.4 Å². The molecule has 13 heavy (non-hydrogen) atoms. The largest absolute Gasteiger partial charge is 0.481 e. The molecule has 0 radical (unpaired) electrons. The Labute approximate surface area is 81.2 Å². The maximum atomic E-state index is 10.9. The predicted molar refractivity (Wildman–Crippen MR) is 53.2 cm³/mol. The molecule has 0 spiro atoms. The van der Waals surface area contributed by atoms with Crippen LogP contribution in [-0.4, -0.2) is 39.9 Å². The van der Waals surface area contributed by atoms with Crippen LogP contribution in [0.1, 0.15) is 13.8 Å². The number of hydrogen-bond donors (Lipinski definition) is 2. The molecule has 0 aliphatic carbocycles. The average molecular weight is 207 g/mol. The Morgan fingerprint density at radius 3 is 2.69 bits per heavy atom. The van der Waals surface area contributed by atoms with Crippen molar-refractivity contribution in [1.29, 1.82) is 0 Å². The SMILES string of the molecule is CCS(=O)CCNCC(C)C(=O)O. The maximum Gasteiger partial charge on any atom is 0.307 e. The van der Waals surface area contributed by atoms with E-state index in [1.54, 1.807) is 6.92 Å². The van der Waals surface area contributed by atoms with Crippen LogP contribution in [0.25, 0.3) is 0 Å². The van der Waals surface area contributed by atoms with Gasteiger partial charge < -0.3 is 10.4 Å². The fraction of sp³-hybridized carbons (Fsp3) is 0.875. The van der Waals surface area contributed by atoms with Gasteiger partial charge in [0.2, 0.25) is 0 Å². The lowest BCUT2D eigenvalue weighted by molar-refractivity contribution is -0.140. The molecule has 0 rings (SSSR count). The summed E-state index contributed by atoms with van der Waals surface area (Å²) in [5.41, 5.74) is 0. The highest BCUT2D eigenvalue weighted by Gasteiger charge is 2.09. The van der Waals surface area contributed by atoms with Crippen LogP contribution in [-0.2, 0) is 15.6 Å². The highest BCUT2D eigenvalue weighted by Crippen LogP contribution is 1.90. The standard InChI is InChI=1S/C8H17NO3S/c1-3-13(12)5-4-9-6-7(2)8(10)11/h7,9H,3-6H2,1-2H3,(H,10,11). The summed E-state index contributed by atoms with van der Waals surface area (Å²) in [5, 5.41) is 11.5. The van der Waals surface area contributed by atoms with Crippen molar-refractivity contribution in [1.82, 2.24) is 5.32 Å². The molecular formula is C8H17NO3S. The van der Waals surface area contributed by atoms with Crippen LogP contribution in [0, 0.1) is 5.92 Å². The van der Waals surface area contributed by atoms with Gasteiger partial charge in [-0.2, -0.15) is 0 Å². The Morgan fingerprint density at radius 2 is 2.23 bits per heavy atom. The molecule has 0 aromatic heterocycles. The number of rotatable bonds is 7. The summed E-state index contributed by atoms with van der Waals surface area (Å²) in [5.74, 6) is 0.0816. The van der Waals surface area contributed by atoms with Crippen molar-refractivity contribution in [3.8, 4) is 0 Å². The lowest BCUT2D eigenvalue weighted by Crippen LogP contribution is -2.29. The third-order valence-corrected chi connectivity index (χ3v) is 3.00. The summed E-state index contributed by atoms with van der Waals surface area (Å²) in [6.45, 7) is 4.58. The highest BCUT2D eigenvalue weighted by molar-refractivity contribution is 7.84. The van der Waals surface area contributed by atoms with Gasteiger partial charge >= 0.3 is 5.97 Å². The molecule has 0 saturated carbocycles. The zero-order valence-corrected chi connectivity index (χ0v) is 8.89. The molecule has 0 saturated heterocycles. The molecule has 0 aromatic carbocycles. The van der Waals surface area contributed by atoms with E-state index < -0.39 is 16.8 Å². The van der Waals surface area contributed by atoms with E-state index in [4.69, 9.17) is 5.11 Å². The van der Waals surface area contributed by atoms with E-state index in [2.05, 4.69) is 5.32 Å². The van der Waals surface area contributed by atoms with E-state index in [1.807, 2.05) is 6.92 Å². The first kappa shape index (κ1) is 12.6. The Kier molecular flexibility index (Phi) is 6.80. The summed E-state index contributed by atoms with van der Waals surface area (Å²) in [4.78, 5) is 10.4. The smallest absolute Gasteiger partial charge is 0.307 e. The molecule has 0 bridgehead atoms. The van der Waals surface area contributed by atoms with E-state index in [-0.39, 0.29) is 5.92 Å². The van der Waals surface area contributed by atoms with Gasteiger partial charge in [0.15, 0.2) is 0 Å². The number of hydrogen-bond acceptors (Lipinski definition) is 3. The Morgan fingerprint density at radius 1 is 1.62 bits per heavy atom. The molecule has 0 aromatic rings. The van der Waals surface area contributed by atoms with Crippen LogP contribution in [0.2, 0.25) is 0 Å². The first-order chi connectivity index (χ1) is 6.07. The number of aliphatic carboxylic acids is 1. The van der Waals surface area contributed by atoms with E-state index >= 15 is 0 Å². The first-order valence-electron chi connectivity index (χ1n) is 4.36. The molecule has 2 unspecified atom stereocenters. The van der Waals surface area contributed by atoms with E-state index in [1.165, 1.54) is 0 Å². The monoisotopic (exact) mass is 207 g/mol. The van der Waals surface area contributed by atoms with Crippen LogP contribution in [0.4, 0.5) is 0 Å². The minimum atomic E-state index is -0.802.